The molecule has 3 heterocycles. The molecular formula is C27H33N3O3. The number of hydrogen-bond acceptors (Lipinski definition) is 3. The summed E-state index contributed by atoms with van der Waals surface area (Å²) >= 11 is 0. The Morgan fingerprint density at radius 1 is 1.12 bits per heavy atom. The molecule has 1 N–H and O–H groups in total. The summed E-state index contributed by atoms with van der Waals surface area (Å²) in [5.74, 6) is 0.641. The van der Waals surface area contributed by atoms with Gasteiger partial charge in [-0.25, -0.2) is 0 Å². The van der Waals surface area contributed by atoms with E-state index in [0.717, 1.165) is 42.5 Å². The molecule has 1 atom stereocenters. The molecule has 1 unspecified atom stereocenters. The highest BCUT2D eigenvalue weighted by Gasteiger charge is 2.48. The van der Waals surface area contributed by atoms with Crippen LogP contribution in [-0.4, -0.2) is 39.4 Å². The van der Waals surface area contributed by atoms with Crippen molar-refractivity contribution in [1.82, 2.24) is 14.8 Å². The van der Waals surface area contributed by atoms with E-state index in [1.54, 1.807) is 4.90 Å². The van der Waals surface area contributed by atoms with E-state index >= 15 is 0 Å². The van der Waals surface area contributed by atoms with Crippen molar-refractivity contribution in [3.63, 3.8) is 0 Å². The largest absolute Gasteiger partial charge is 0.460 e. The molecule has 174 valence electrons. The molecule has 33 heavy (non-hydrogen) atoms. The van der Waals surface area contributed by atoms with Gasteiger partial charge in [0.25, 0.3) is 5.91 Å². The quantitative estimate of drug-likeness (QED) is 0.569. The van der Waals surface area contributed by atoms with Crippen molar-refractivity contribution >= 4 is 22.9 Å². The normalized spacial score (nSPS) is 21.8. The van der Waals surface area contributed by atoms with Crippen LogP contribution in [0, 0.1) is 6.92 Å². The molecule has 0 radical (unpaired) electrons. The molecule has 2 amide bonds. The lowest BCUT2D eigenvalue weighted by Gasteiger charge is -2.44. The van der Waals surface area contributed by atoms with Gasteiger partial charge in [0.1, 0.15) is 17.0 Å². The van der Waals surface area contributed by atoms with Crippen LogP contribution in [0.1, 0.15) is 67.3 Å². The third-order valence-corrected chi connectivity index (χ3v) is 7.39. The predicted octanol–water partition coefficient (Wildman–Crippen LogP) is 4.84. The number of benzene rings is 1. The molecular weight excluding hydrogens is 414 g/mol. The summed E-state index contributed by atoms with van der Waals surface area (Å²) in [6.45, 7) is 4.73. The van der Waals surface area contributed by atoms with Crippen molar-refractivity contribution in [3.8, 4) is 0 Å². The molecule has 6 nitrogen and oxygen atoms in total. The zero-order chi connectivity index (χ0) is 23.0. The smallest absolute Gasteiger partial charge is 0.271 e. The Morgan fingerprint density at radius 3 is 2.58 bits per heavy atom. The van der Waals surface area contributed by atoms with E-state index in [9.17, 15) is 9.59 Å². The molecule has 1 aromatic carbocycles. The van der Waals surface area contributed by atoms with Gasteiger partial charge in [-0.3, -0.25) is 9.59 Å². The van der Waals surface area contributed by atoms with Gasteiger partial charge in [0.15, 0.2) is 5.58 Å². The van der Waals surface area contributed by atoms with E-state index in [2.05, 4.69) is 17.4 Å². The Hall–Kier alpha value is -3.02. The first-order valence-corrected chi connectivity index (χ1v) is 12.2. The summed E-state index contributed by atoms with van der Waals surface area (Å²) in [7, 11) is 0. The van der Waals surface area contributed by atoms with Crippen LogP contribution in [0.2, 0.25) is 0 Å². The predicted molar refractivity (Wildman–Crippen MR) is 128 cm³/mol. The number of aryl methyl sites for hydroxylation is 1. The summed E-state index contributed by atoms with van der Waals surface area (Å²) in [5, 5.41) is 3.32. The van der Waals surface area contributed by atoms with E-state index in [4.69, 9.17) is 4.42 Å². The third-order valence-electron chi connectivity index (χ3n) is 7.39. The van der Waals surface area contributed by atoms with E-state index in [1.165, 1.54) is 12.8 Å². The number of hydrogen-bond donors (Lipinski definition) is 1. The summed E-state index contributed by atoms with van der Waals surface area (Å²) in [6.07, 6.45) is 7.49. The first-order valence-electron chi connectivity index (χ1n) is 12.2. The molecule has 0 saturated heterocycles. The van der Waals surface area contributed by atoms with Crippen LogP contribution in [0.15, 0.2) is 46.9 Å². The van der Waals surface area contributed by atoms with Gasteiger partial charge in [0, 0.05) is 24.7 Å². The van der Waals surface area contributed by atoms with Crippen molar-refractivity contribution in [2.24, 2.45) is 0 Å². The Bertz CT molecular complexity index is 1150. The number of fused-ring (bicyclic) bond motifs is 3. The van der Waals surface area contributed by atoms with E-state index in [0.29, 0.717) is 30.8 Å². The van der Waals surface area contributed by atoms with Crippen molar-refractivity contribution in [3.05, 3.63) is 59.5 Å². The van der Waals surface area contributed by atoms with E-state index in [1.807, 2.05) is 48.7 Å². The molecule has 0 bridgehead atoms. The summed E-state index contributed by atoms with van der Waals surface area (Å²) < 4.78 is 7.78. The van der Waals surface area contributed by atoms with E-state index < -0.39 is 5.54 Å². The van der Waals surface area contributed by atoms with Gasteiger partial charge in [-0.15, -0.1) is 0 Å². The zero-order valence-corrected chi connectivity index (χ0v) is 19.6. The molecule has 2 aliphatic rings. The van der Waals surface area contributed by atoms with Crippen molar-refractivity contribution in [1.29, 1.82) is 0 Å². The van der Waals surface area contributed by atoms with Crippen LogP contribution in [-0.2, 0) is 17.8 Å². The Balaban J connectivity index is 1.48. The van der Waals surface area contributed by atoms with Crippen LogP contribution >= 0.6 is 0 Å². The number of furan rings is 1. The second kappa shape index (κ2) is 8.73. The molecule has 6 heteroatoms. The first kappa shape index (κ1) is 21.8. The van der Waals surface area contributed by atoms with Crippen LogP contribution in [0.4, 0.5) is 0 Å². The number of carbonyl (C=O) groups excluding carboxylic acids is 2. The fourth-order valence-corrected chi connectivity index (χ4v) is 5.46. The number of aromatic nitrogens is 1. The molecule has 2 aromatic heterocycles. The van der Waals surface area contributed by atoms with Crippen LogP contribution in [0.5, 0.6) is 0 Å². The van der Waals surface area contributed by atoms with Gasteiger partial charge in [-0.05, 0) is 38.7 Å². The van der Waals surface area contributed by atoms with Gasteiger partial charge in [-0.2, -0.15) is 0 Å². The lowest BCUT2D eigenvalue weighted by atomic mass is 9.93. The van der Waals surface area contributed by atoms with Crippen LogP contribution < -0.4 is 5.32 Å². The number of amides is 2. The molecule has 1 aliphatic carbocycles. The number of rotatable bonds is 5. The maximum atomic E-state index is 13.8. The maximum absolute atomic E-state index is 13.8. The standard InChI is InChI=1S/C27H33N3O3/c1-19-16-22-24(33-19)17-23-25(31)30(15-14-20-10-6-5-7-11-20)27(2,18-29(22)23)26(32)28-21-12-8-3-4-9-13-21/h5-7,10-11,16-17,21H,3-4,8-9,12-15,18H2,1-2H3,(H,28,32). The first-order chi connectivity index (χ1) is 16.0. The minimum Gasteiger partial charge on any atom is -0.460 e. The lowest BCUT2D eigenvalue weighted by Crippen LogP contribution is -2.65. The lowest BCUT2D eigenvalue weighted by molar-refractivity contribution is -0.133. The Morgan fingerprint density at radius 2 is 1.85 bits per heavy atom. The highest BCUT2D eigenvalue weighted by Crippen LogP contribution is 2.34. The molecule has 0 spiro atoms. The van der Waals surface area contributed by atoms with Gasteiger partial charge < -0.3 is 19.2 Å². The minimum atomic E-state index is -0.970. The monoisotopic (exact) mass is 447 g/mol. The molecule has 5 rings (SSSR count). The van der Waals surface area contributed by atoms with Gasteiger partial charge in [0.05, 0.1) is 12.1 Å². The van der Waals surface area contributed by atoms with Crippen molar-refractivity contribution in [2.45, 2.75) is 76.9 Å². The summed E-state index contributed by atoms with van der Waals surface area (Å²) in [5.41, 5.74) is 2.36. The van der Waals surface area contributed by atoms with Crippen molar-refractivity contribution in [2.75, 3.05) is 6.54 Å². The average molecular weight is 448 g/mol. The Labute approximate surface area is 194 Å². The maximum Gasteiger partial charge on any atom is 0.271 e. The van der Waals surface area contributed by atoms with E-state index in [-0.39, 0.29) is 17.9 Å². The zero-order valence-electron chi connectivity index (χ0n) is 19.6. The topological polar surface area (TPSA) is 67.5 Å². The summed E-state index contributed by atoms with van der Waals surface area (Å²) in [6, 6.07) is 14.1. The molecule has 3 aromatic rings. The average Bonchev–Trinajstić information content (AvgIpc) is 3.19. The fourth-order valence-electron chi connectivity index (χ4n) is 5.46. The molecule has 1 saturated carbocycles. The van der Waals surface area contributed by atoms with Gasteiger partial charge in [0.2, 0.25) is 5.91 Å². The number of nitrogens with one attached hydrogen (secondary N) is 1. The van der Waals surface area contributed by atoms with Gasteiger partial charge in [-0.1, -0.05) is 56.0 Å². The highest BCUT2D eigenvalue weighted by molar-refractivity contribution is 6.03. The Kier molecular flexibility index (Phi) is 5.77. The van der Waals surface area contributed by atoms with Crippen molar-refractivity contribution < 1.29 is 14.0 Å². The molecule has 1 fully saturated rings. The second-order valence-electron chi connectivity index (χ2n) is 9.85. The van der Waals surface area contributed by atoms with Crippen LogP contribution in [0.3, 0.4) is 0 Å². The highest BCUT2D eigenvalue weighted by atomic mass is 16.3. The fraction of sp³-hybridized carbons (Fsp3) is 0.481. The van der Waals surface area contributed by atoms with Crippen LogP contribution in [0.25, 0.3) is 11.1 Å². The molecule has 1 aliphatic heterocycles. The van der Waals surface area contributed by atoms with Gasteiger partial charge >= 0.3 is 0 Å². The number of carbonyl (C=O) groups is 2. The minimum absolute atomic E-state index is 0.0523. The summed E-state index contributed by atoms with van der Waals surface area (Å²) in [4.78, 5) is 29.3. The number of nitrogens with zero attached hydrogens (tertiary/aromatic N) is 2. The second-order valence-corrected chi connectivity index (χ2v) is 9.85. The third kappa shape index (κ3) is 4.07. The SMILES string of the molecule is Cc1cc2c(cc3n2CC(C)(C(=O)NC2CCCCCC2)N(CCc2ccccc2)C3=O)o1.